The van der Waals surface area contributed by atoms with Crippen LogP contribution in [0.15, 0.2) is 24.3 Å². The molecular weight excluding hydrogens is 264 g/mol. The van der Waals surface area contributed by atoms with E-state index in [2.05, 4.69) is 17.6 Å². The first-order valence-electron chi connectivity index (χ1n) is 7.73. The van der Waals surface area contributed by atoms with E-state index < -0.39 is 0 Å². The fraction of sp³-hybridized carbons (Fsp3) is 0.529. The average Bonchev–Trinajstić information content (AvgIpc) is 2.43. The van der Waals surface area contributed by atoms with Crippen LogP contribution in [-0.2, 0) is 4.79 Å². The number of nitrogens with one attached hydrogen (secondary N) is 2. The zero-order valence-electron chi connectivity index (χ0n) is 13.2. The van der Waals surface area contributed by atoms with E-state index >= 15 is 0 Å². The van der Waals surface area contributed by atoms with Crippen LogP contribution in [0.2, 0.25) is 0 Å². The van der Waals surface area contributed by atoms with Gasteiger partial charge in [0.15, 0.2) is 0 Å². The van der Waals surface area contributed by atoms with Crippen LogP contribution in [0.5, 0.6) is 0 Å². The first-order valence-corrected chi connectivity index (χ1v) is 7.73. The van der Waals surface area contributed by atoms with Crippen molar-refractivity contribution >= 4 is 17.5 Å². The van der Waals surface area contributed by atoms with Crippen molar-refractivity contribution in [2.24, 2.45) is 0 Å². The Hall–Kier alpha value is -1.84. The zero-order valence-corrected chi connectivity index (χ0v) is 13.2. The molecule has 4 heteroatoms. The van der Waals surface area contributed by atoms with E-state index in [-0.39, 0.29) is 17.9 Å². The molecular formula is C17H26N2O2. The third-order valence-electron chi connectivity index (χ3n) is 3.11. The van der Waals surface area contributed by atoms with Gasteiger partial charge in [0.25, 0.3) is 5.91 Å². The van der Waals surface area contributed by atoms with E-state index in [1.807, 2.05) is 13.8 Å². The molecule has 0 aliphatic heterocycles. The molecule has 0 fully saturated rings. The van der Waals surface area contributed by atoms with Crippen LogP contribution >= 0.6 is 0 Å². The molecule has 0 radical (unpaired) electrons. The predicted octanol–water partition coefficient (Wildman–Crippen LogP) is 3.73. The Balaban J connectivity index is 2.43. The molecule has 0 spiro atoms. The van der Waals surface area contributed by atoms with Crippen LogP contribution < -0.4 is 10.6 Å². The van der Waals surface area contributed by atoms with Gasteiger partial charge >= 0.3 is 0 Å². The van der Waals surface area contributed by atoms with E-state index in [1.165, 1.54) is 12.8 Å². The first kappa shape index (κ1) is 17.2. The molecule has 116 valence electrons. The van der Waals surface area contributed by atoms with Crippen molar-refractivity contribution in [3.63, 3.8) is 0 Å². The van der Waals surface area contributed by atoms with Gasteiger partial charge in [0.05, 0.1) is 0 Å². The van der Waals surface area contributed by atoms with Crippen LogP contribution in [0.3, 0.4) is 0 Å². The smallest absolute Gasteiger partial charge is 0.251 e. The van der Waals surface area contributed by atoms with Crippen molar-refractivity contribution in [3.05, 3.63) is 29.8 Å². The average molecular weight is 290 g/mol. The Kier molecular flexibility index (Phi) is 7.51. The number of benzene rings is 1. The Morgan fingerprint density at radius 3 is 2.29 bits per heavy atom. The molecule has 0 heterocycles. The van der Waals surface area contributed by atoms with Crippen LogP contribution in [-0.4, -0.2) is 17.9 Å². The van der Waals surface area contributed by atoms with E-state index in [0.717, 1.165) is 18.5 Å². The molecule has 0 aromatic heterocycles. The molecule has 2 amide bonds. The van der Waals surface area contributed by atoms with Crippen molar-refractivity contribution in [1.82, 2.24) is 5.32 Å². The largest absolute Gasteiger partial charge is 0.350 e. The molecule has 0 atom stereocenters. The lowest BCUT2D eigenvalue weighted by Crippen LogP contribution is -2.29. The lowest BCUT2D eigenvalue weighted by atomic mass is 10.1. The minimum atomic E-state index is -0.0950. The Bertz CT molecular complexity index is 452. The summed E-state index contributed by atoms with van der Waals surface area (Å²) in [7, 11) is 0. The Morgan fingerprint density at radius 1 is 1.05 bits per heavy atom. The fourth-order valence-corrected chi connectivity index (χ4v) is 1.99. The molecule has 1 aromatic rings. The van der Waals surface area contributed by atoms with E-state index in [4.69, 9.17) is 0 Å². The highest BCUT2D eigenvalue weighted by Gasteiger charge is 2.07. The number of unbranched alkanes of at least 4 members (excludes halogenated alkanes) is 3. The van der Waals surface area contributed by atoms with Gasteiger partial charge in [-0.1, -0.05) is 26.2 Å². The van der Waals surface area contributed by atoms with E-state index in [0.29, 0.717) is 12.0 Å². The number of hydrogen-bond acceptors (Lipinski definition) is 2. The summed E-state index contributed by atoms with van der Waals surface area (Å²) >= 11 is 0. The molecule has 1 aromatic carbocycles. The van der Waals surface area contributed by atoms with Crippen LogP contribution in [0, 0.1) is 0 Å². The first-order chi connectivity index (χ1) is 10.0. The topological polar surface area (TPSA) is 58.2 Å². The van der Waals surface area contributed by atoms with Gasteiger partial charge in [-0.2, -0.15) is 0 Å². The molecule has 0 aliphatic rings. The van der Waals surface area contributed by atoms with Crippen molar-refractivity contribution in [3.8, 4) is 0 Å². The summed E-state index contributed by atoms with van der Waals surface area (Å²) in [5.74, 6) is -0.0621. The summed E-state index contributed by atoms with van der Waals surface area (Å²) in [5, 5.41) is 5.69. The summed E-state index contributed by atoms with van der Waals surface area (Å²) in [4.78, 5) is 23.5. The lowest BCUT2D eigenvalue weighted by Gasteiger charge is -2.09. The highest BCUT2D eigenvalue weighted by Crippen LogP contribution is 2.11. The predicted molar refractivity (Wildman–Crippen MR) is 86.4 cm³/mol. The second-order valence-electron chi connectivity index (χ2n) is 5.56. The Morgan fingerprint density at radius 2 is 1.71 bits per heavy atom. The third-order valence-corrected chi connectivity index (χ3v) is 3.11. The minimum Gasteiger partial charge on any atom is -0.350 e. The number of rotatable bonds is 8. The number of carbonyl (C=O) groups is 2. The number of amides is 2. The lowest BCUT2D eigenvalue weighted by molar-refractivity contribution is -0.116. The number of carbonyl (C=O) groups excluding carboxylic acids is 2. The van der Waals surface area contributed by atoms with Crippen LogP contribution in [0.4, 0.5) is 5.69 Å². The maximum Gasteiger partial charge on any atom is 0.251 e. The molecule has 21 heavy (non-hydrogen) atoms. The summed E-state index contributed by atoms with van der Waals surface area (Å²) in [5.41, 5.74) is 1.33. The minimum absolute atomic E-state index is 0.0329. The highest BCUT2D eigenvalue weighted by atomic mass is 16.2. The maximum atomic E-state index is 11.8. The second-order valence-corrected chi connectivity index (χ2v) is 5.56. The van der Waals surface area contributed by atoms with Gasteiger partial charge in [-0.3, -0.25) is 9.59 Å². The van der Waals surface area contributed by atoms with E-state index in [9.17, 15) is 9.59 Å². The standard InChI is InChI=1S/C17H26N2O2/c1-4-5-6-7-8-16(20)19-15-11-9-14(10-12-15)17(21)18-13(2)3/h9-13H,4-8H2,1-3H3,(H,18,21)(H,19,20). The summed E-state index contributed by atoms with van der Waals surface area (Å²) in [6, 6.07) is 7.09. The van der Waals surface area contributed by atoms with Crippen LogP contribution in [0.1, 0.15) is 63.2 Å². The number of hydrogen-bond donors (Lipinski definition) is 2. The summed E-state index contributed by atoms with van der Waals surface area (Å²) in [6.07, 6.45) is 4.91. The van der Waals surface area contributed by atoms with Gasteiger partial charge in [0.2, 0.25) is 5.91 Å². The number of anilines is 1. The van der Waals surface area contributed by atoms with E-state index in [1.54, 1.807) is 24.3 Å². The molecule has 0 unspecified atom stereocenters. The van der Waals surface area contributed by atoms with Crippen LogP contribution in [0.25, 0.3) is 0 Å². The van der Waals surface area contributed by atoms with Gasteiger partial charge < -0.3 is 10.6 Å². The van der Waals surface area contributed by atoms with Gasteiger partial charge in [-0.25, -0.2) is 0 Å². The fourth-order valence-electron chi connectivity index (χ4n) is 1.99. The van der Waals surface area contributed by atoms with Crippen molar-refractivity contribution in [2.45, 2.75) is 58.9 Å². The quantitative estimate of drug-likeness (QED) is 0.717. The SMILES string of the molecule is CCCCCCC(=O)Nc1ccc(C(=O)NC(C)C)cc1. The second kappa shape index (κ2) is 9.16. The molecule has 2 N–H and O–H groups in total. The monoisotopic (exact) mass is 290 g/mol. The summed E-state index contributed by atoms with van der Waals surface area (Å²) in [6.45, 7) is 5.99. The molecule has 0 bridgehead atoms. The zero-order chi connectivity index (χ0) is 15.7. The molecule has 1 rings (SSSR count). The van der Waals surface area contributed by atoms with Gasteiger partial charge in [-0.05, 0) is 44.5 Å². The Labute approximate surface area is 127 Å². The van der Waals surface area contributed by atoms with Gasteiger partial charge in [-0.15, -0.1) is 0 Å². The third kappa shape index (κ3) is 6.93. The highest BCUT2D eigenvalue weighted by molar-refractivity contribution is 5.95. The van der Waals surface area contributed by atoms with Crippen molar-refractivity contribution < 1.29 is 9.59 Å². The molecule has 0 aliphatic carbocycles. The molecule has 4 nitrogen and oxygen atoms in total. The normalized spacial score (nSPS) is 10.5. The van der Waals surface area contributed by atoms with Gasteiger partial charge in [0, 0.05) is 23.7 Å². The molecule has 0 saturated carbocycles. The molecule has 0 saturated heterocycles. The maximum absolute atomic E-state index is 11.8. The van der Waals surface area contributed by atoms with Gasteiger partial charge in [0.1, 0.15) is 0 Å². The van der Waals surface area contributed by atoms with Crippen molar-refractivity contribution in [2.75, 3.05) is 5.32 Å². The summed E-state index contributed by atoms with van der Waals surface area (Å²) < 4.78 is 0. The van der Waals surface area contributed by atoms with Crippen molar-refractivity contribution in [1.29, 1.82) is 0 Å².